The van der Waals surface area contributed by atoms with Gasteiger partial charge in [-0.1, -0.05) is 12.8 Å². The Bertz CT molecular complexity index is 248. The van der Waals surface area contributed by atoms with Gasteiger partial charge in [0, 0.05) is 6.04 Å². The molecule has 2 N–H and O–H groups in total. The lowest BCUT2D eigenvalue weighted by atomic mass is 9.97. The molecule has 1 amide bonds. The van der Waals surface area contributed by atoms with E-state index in [1.165, 1.54) is 0 Å². The lowest BCUT2D eigenvalue weighted by Crippen LogP contribution is -2.39. The average molecular weight is 242 g/mol. The van der Waals surface area contributed by atoms with E-state index in [2.05, 4.69) is 10.2 Å². The van der Waals surface area contributed by atoms with E-state index in [1.54, 1.807) is 0 Å². The van der Waals surface area contributed by atoms with Gasteiger partial charge in [-0.25, -0.2) is 0 Å². The predicted octanol–water partition coefficient (Wildman–Crippen LogP) is 1.14. The fourth-order valence-corrected chi connectivity index (χ4v) is 2.36. The van der Waals surface area contributed by atoms with E-state index in [1.807, 2.05) is 21.0 Å². The second-order valence-corrected chi connectivity index (χ2v) is 5.67. The molecule has 4 nitrogen and oxygen atoms in total. The molecular formula is C13H26N2O2. The molecule has 0 heterocycles. The van der Waals surface area contributed by atoms with Crippen molar-refractivity contribution in [3.63, 3.8) is 0 Å². The van der Waals surface area contributed by atoms with Crippen molar-refractivity contribution in [2.45, 2.75) is 57.1 Å². The maximum absolute atomic E-state index is 11.8. The van der Waals surface area contributed by atoms with Gasteiger partial charge < -0.3 is 15.3 Å². The Morgan fingerprint density at radius 3 is 2.53 bits per heavy atom. The maximum atomic E-state index is 11.8. The Labute approximate surface area is 104 Å². The Morgan fingerprint density at radius 1 is 1.41 bits per heavy atom. The van der Waals surface area contributed by atoms with Gasteiger partial charge in [0.25, 0.3) is 0 Å². The van der Waals surface area contributed by atoms with Crippen LogP contribution >= 0.6 is 0 Å². The van der Waals surface area contributed by atoms with Crippen LogP contribution in [0.1, 0.15) is 45.4 Å². The highest BCUT2D eigenvalue weighted by Crippen LogP contribution is 2.32. The molecule has 0 aromatic heterocycles. The first-order chi connectivity index (χ1) is 7.91. The van der Waals surface area contributed by atoms with Crippen molar-refractivity contribution in [3.8, 4) is 0 Å². The number of carbonyl (C=O) groups excluding carboxylic acids is 1. The molecule has 1 unspecified atom stereocenters. The van der Waals surface area contributed by atoms with Crippen LogP contribution in [0.25, 0.3) is 0 Å². The van der Waals surface area contributed by atoms with Gasteiger partial charge in [0.2, 0.25) is 5.91 Å². The minimum Gasteiger partial charge on any atom is -0.389 e. The summed E-state index contributed by atoms with van der Waals surface area (Å²) in [5.41, 5.74) is -0.731. The molecular weight excluding hydrogens is 216 g/mol. The van der Waals surface area contributed by atoms with E-state index in [0.717, 1.165) is 38.6 Å². The van der Waals surface area contributed by atoms with Crippen molar-refractivity contribution < 1.29 is 9.90 Å². The lowest BCUT2D eigenvalue weighted by Gasteiger charge is -2.23. The number of carbonyl (C=O) groups is 1. The third-order valence-electron chi connectivity index (χ3n) is 3.44. The molecule has 1 atom stereocenters. The van der Waals surface area contributed by atoms with Gasteiger partial charge in [0.05, 0.1) is 12.0 Å². The van der Waals surface area contributed by atoms with Crippen LogP contribution in [0.4, 0.5) is 0 Å². The molecule has 1 fully saturated rings. The molecule has 1 aliphatic carbocycles. The van der Waals surface area contributed by atoms with Crippen LogP contribution < -0.4 is 5.32 Å². The predicted molar refractivity (Wildman–Crippen MR) is 68.8 cm³/mol. The van der Waals surface area contributed by atoms with Gasteiger partial charge in [0.15, 0.2) is 0 Å². The standard InChI is InChI=1S/C13H26N2O2/c1-11(6-9-15(2)3)14-12(16)10-13(17)7-4-5-8-13/h11,17H,4-10H2,1-3H3,(H,14,16). The first-order valence-corrected chi connectivity index (χ1v) is 6.58. The average Bonchev–Trinajstić information content (AvgIpc) is 2.61. The van der Waals surface area contributed by atoms with E-state index in [9.17, 15) is 9.90 Å². The van der Waals surface area contributed by atoms with Crippen LogP contribution in [-0.4, -0.2) is 48.2 Å². The summed E-state index contributed by atoms with van der Waals surface area (Å²) in [5.74, 6) is -0.0133. The van der Waals surface area contributed by atoms with Crippen LogP contribution in [-0.2, 0) is 4.79 Å². The Balaban J connectivity index is 2.24. The third-order valence-corrected chi connectivity index (χ3v) is 3.44. The smallest absolute Gasteiger partial charge is 0.223 e. The summed E-state index contributed by atoms with van der Waals surface area (Å²) in [7, 11) is 4.05. The molecule has 0 saturated heterocycles. The molecule has 0 bridgehead atoms. The highest BCUT2D eigenvalue weighted by atomic mass is 16.3. The number of hydrogen-bond donors (Lipinski definition) is 2. The molecule has 0 radical (unpaired) electrons. The molecule has 1 saturated carbocycles. The number of nitrogens with zero attached hydrogens (tertiary/aromatic N) is 1. The third kappa shape index (κ3) is 5.50. The molecule has 1 rings (SSSR count). The van der Waals surface area contributed by atoms with E-state index in [4.69, 9.17) is 0 Å². The normalized spacial score (nSPS) is 20.5. The second-order valence-electron chi connectivity index (χ2n) is 5.67. The van der Waals surface area contributed by atoms with Gasteiger partial charge in [0.1, 0.15) is 0 Å². The summed E-state index contributed by atoms with van der Waals surface area (Å²) >= 11 is 0. The molecule has 0 spiro atoms. The minimum absolute atomic E-state index is 0.0133. The van der Waals surface area contributed by atoms with Crippen LogP contribution in [0.5, 0.6) is 0 Å². The molecule has 0 aliphatic heterocycles. The summed E-state index contributed by atoms with van der Waals surface area (Å²) in [6, 6.07) is 0.176. The largest absolute Gasteiger partial charge is 0.389 e. The van der Waals surface area contributed by atoms with Crippen molar-refractivity contribution in [2.75, 3.05) is 20.6 Å². The monoisotopic (exact) mass is 242 g/mol. The zero-order valence-corrected chi connectivity index (χ0v) is 11.3. The van der Waals surface area contributed by atoms with Crippen LogP contribution in [0, 0.1) is 0 Å². The number of rotatable bonds is 6. The van der Waals surface area contributed by atoms with E-state index in [-0.39, 0.29) is 18.4 Å². The zero-order chi connectivity index (χ0) is 12.9. The summed E-state index contributed by atoms with van der Waals surface area (Å²) < 4.78 is 0. The van der Waals surface area contributed by atoms with Crippen molar-refractivity contribution in [1.82, 2.24) is 10.2 Å². The number of aliphatic hydroxyl groups is 1. The van der Waals surface area contributed by atoms with Crippen molar-refractivity contribution in [3.05, 3.63) is 0 Å². The molecule has 0 aromatic rings. The quantitative estimate of drug-likeness (QED) is 0.734. The number of hydrogen-bond acceptors (Lipinski definition) is 3. The number of amides is 1. The highest BCUT2D eigenvalue weighted by Gasteiger charge is 2.33. The Morgan fingerprint density at radius 2 is 2.00 bits per heavy atom. The van der Waals surface area contributed by atoms with Crippen LogP contribution in [0.2, 0.25) is 0 Å². The first kappa shape index (κ1) is 14.5. The van der Waals surface area contributed by atoms with Crippen molar-refractivity contribution in [2.24, 2.45) is 0 Å². The Kier molecular flexibility index (Phi) is 5.40. The zero-order valence-electron chi connectivity index (χ0n) is 11.3. The highest BCUT2D eigenvalue weighted by molar-refractivity contribution is 5.77. The SMILES string of the molecule is CC(CCN(C)C)NC(=O)CC1(O)CCCC1. The fraction of sp³-hybridized carbons (Fsp3) is 0.923. The summed E-state index contributed by atoms with van der Waals surface area (Å²) in [6.45, 7) is 2.98. The molecule has 0 aromatic carbocycles. The van der Waals surface area contributed by atoms with Gasteiger partial charge in [-0.3, -0.25) is 4.79 Å². The maximum Gasteiger partial charge on any atom is 0.223 e. The molecule has 100 valence electrons. The summed E-state index contributed by atoms with van der Waals surface area (Å²) in [5, 5.41) is 13.1. The van der Waals surface area contributed by atoms with Gasteiger partial charge in [-0.05, 0) is 46.8 Å². The molecule has 4 heteroatoms. The van der Waals surface area contributed by atoms with Crippen LogP contribution in [0.15, 0.2) is 0 Å². The van der Waals surface area contributed by atoms with Crippen LogP contribution in [0.3, 0.4) is 0 Å². The summed E-state index contributed by atoms with van der Waals surface area (Å²) in [6.07, 6.45) is 4.83. The Hall–Kier alpha value is -0.610. The molecule has 1 aliphatic rings. The van der Waals surface area contributed by atoms with Crippen molar-refractivity contribution >= 4 is 5.91 Å². The van der Waals surface area contributed by atoms with Gasteiger partial charge >= 0.3 is 0 Å². The van der Waals surface area contributed by atoms with E-state index < -0.39 is 5.60 Å². The van der Waals surface area contributed by atoms with Crippen molar-refractivity contribution in [1.29, 1.82) is 0 Å². The first-order valence-electron chi connectivity index (χ1n) is 6.58. The van der Waals surface area contributed by atoms with E-state index in [0.29, 0.717) is 0 Å². The fourth-order valence-electron chi connectivity index (χ4n) is 2.36. The lowest BCUT2D eigenvalue weighted by molar-refractivity contribution is -0.126. The number of nitrogens with one attached hydrogen (secondary N) is 1. The second kappa shape index (κ2) is 6.36. The van der Waals surface area contributed by atoms with E-state index >= 15 is 0 Å². The molecule has 17 heavy (non-hydrogen) atoms. The summed E-state index contributed by atoms with van der Waals surface area (Å²) in [4.78, 5) is 13.9. The topological polar surface area (TPSA) is 52.6 Å². The van der Waals surface area contributed by atoms with Gasteiger partial charge in [-0.15, -0.1) is 0 Å². The minimum atomic E-state index is -0.731. The van der Waals surface area contributed by atoms with Gasteiger partial charge in [-0.2, -0.15) is 0 Å².